The zero-order valence-corrected chi connectivity index (χ0v) is 10.6. The average molecular weight is 205 g/mol. The van der Waals surface area contributed by atoms with Gasteiger partial charge >= 0.3 is 0 Å². The summed E-state index contributed by atoms with van der Waals surface area (Å²) in [6, 6.07) is 9.27. The smallest absolute Gasteiger partial charge is 0.0369 e. The fourth-order valence-corrected chi connectivity index (χ4v) is 1.97. The number of hydrogen-bond acceptors (Lipinski definition) is 1. The highest BCUT2D eigenvalue weighted by Crippen LogP contribution is 2.35. The quantitative estimate of drug-likeness (QED) is 0.790. The first-order chi connectivity index (χ1) is 7.01. The van der Waals surface area contributed by atoms with Crippen molar-refractivity contribution in [1.29, 1.82) is 0 Å². The lowest BCUT2D eigenvalue weighted by Gasteiger charge is -2.33. The van der Waals surface area contributed by atoms with Crippen LogP contribution in [0.25, 0.3) is 0 Å². The molecule has 1 atom stereocenters. The zero-order valence-electron chi connectivity index (χ0n) is 10.6. The van der Waals surface area contributed by atoms with Gasteiger partial charge in [0.2, 0.25) is 0 Å². The van der Waals surface area contributed by atoms with E-state index in [0.29, 0.717) is 11.5 Å². The lowest BCUT2D eigenvalue weighted by Crippen LogP contribution is -2.31. The number of benzene rings is 1. The van der Waals surface area contributed by atoms with Crippen molar-refractivity contribution < 1.29 is 0 Å². The summed E-state index contributed by atoms with van der Waals surface area (Å²) in [5, 5.41) is 3.43. The van der Waals surface area contributed by atoms with E-state index in [1.54, 1.807) is 0 Å². The first kappa shape index (κ1) is 12.3. The molecule has 15 heavy (non-hydrogen) atoms. The van der Waals surface area contributed by atoms with E-state index in [1.807, 2.05) is 7.05 Å². The molecule has 0 amide bonds. The average Bonchev–Trinajstić information content (AvgIpc) is 2.22. The van der Waals surface area contributed by atoms with Crippen LogP contribution in [0.2, 0.25) is 0 Å². The Hall–Kier alpha value is -0.820. The molecule has 1 aromatic carbocycles. The highest BCUT2D eigenvalue weighted by atomic mass is 14.9. The predicted molar refractivity (Wildman–Crippen MR) is 67.1 cm³/mol. The van der Waals surface area contributed by atoms with Crippen molar-refractivity contribution in [2.45, 2.75) is 40.2 Å². The van der Waals surface area contributed by atoms with Gasteiger partial charge in [0.05, 0.1) is 0 Å². The minimum atomic E-state index is 0.296. The van der Waals surface area contributed by atoms with Crippen molar-refractivity contribution in [2.24, 2.45) is 5.41 Å². The minimum absolute atomic E-state index is 0.296. The van der Waals surface area contributed by atoms with Gasteiger partial charge in [0.1, 0.15) is 0 Å². The number of hydrogen-bond donors (Lipinski definition) is 1. The van der Waals surface area contributed by atoms with Crippen LogP contribution in [0.1, 0.15) is 44.4 Å². The normalized spacial score (nSPS) is 13.9. The highest BCUT2D eigenvalue weighted by Gasteiger charge is 2.27. The fraction of sp³-hybridized carbons (Fsp3) is 0.571. The Morgan fingerprint density at radius 3 is 2.13 bits per heavy atom. The molecule has 0 bridgehead atoms. The van der Waals surface area contributed by atoms with Crippen molar-refractivity contribution >= 4 is 0 Å². The Kier molecular flexibility index (Phi) is 3.92. The Labute approximate surface area is 93.9 Å². The third-order valence-corrected chi connectivity index (χ3v) is 3.39. The van der Waals surface area contributed by atoms with Gasteiger partial charge in [0.25, 0.3) is 0 Å². The predicted octanol–water partition coefficient (Wildman–Crippen LogP) is 3.69. The lowest BCUT2D eigenvalue weighted by molar-refractivity contribution is 0.245. The van der Waals surface area contributed by atoms with Gasteiger partial charge in [-0.3, -0.25) is 0 Å². The van der Waals surface area contributed by atoms with Gasteiger partial charge < -0.3 is 5.32 Å². The Bertz CT molecular complexity index is 298. The van der Waals surface area contributed by atoms with Crippen LogP contribution in [-0.2, 0) is 0 Å². The van der Waals surface area contributed by atoms with E-state index in [0.717, 1.165) is 0 Å². The first-order valence-electron chi connectivity index (χ1n) is 5.75. The summed E-state index contributed by atoms with van der Waals surface area (Å²) in [6.07, 6.45) is 1.17. The molecule has 84 valence electrons. The van der Waals surface area contributed by atoms with Crippen LogP contribution in [0.3, 0.4) is 0 Å². The molecule has 0 spiro atoms. The molecule has 0 aromatic heterocycles. The molecule has 0 fully saturated rings. The van der Waals surface area contributed by atoms with Crippen LogP contribution in [0.5, 0.6) is 0 Å². The molecule has 1 rings (SSSR count). The monoisotopic (exact) mass is 205 g/mol. The first-order valence-corrected chi connectivity index (χ1v) is 5.75. The molecule has 0 aliphatic carbocycles. The van der Waals surface area contributed by atoms with Crippen molar-refractivity contribution in [1.82, 2.24) is 5.32 Å². The van der Waals surface area contributed by atoms with Crippen LogP contribution >= 0.6 is 0 Å². The molecule has 1 aromatic rings. The second-order valence-electron chi connectivity index (χ2n) is 4.97. The standard InChI is InChI=1S/C14H23N/c1-6-14(3,4)13(15-5)12-9-7-11(2)8-10-12/h7-10,13,15H,6H2,1-5H3. The second-order valence-corrected chi connectivity index (χ2v) is 4.97. The molecule has 0 aliphatic rings. The van der Waals surface area contributed by atoms with Gasteiger partial charge in [0.15, 0.2) is 0 Å². The molecule has 0 aliphatic heterocycles. The second kappa shape index (κ2) is 4.80. The van der Waals surface area contributed by atoms with Crippen LogP contribution in [0.4, 0.5) is 0 Å². The van der Waals surface area contributed by atoms with E-state index in [1.165, 1.54) is 17.5 Å². The molecular weight excluding hydrogens is 182 g/mol. The van der Waals surface area contributed by atoms with Crippen molar-refractivity contribution in [3.8, 4) is 0 Å². The van der Waals surface area contributed by atoms with Gasteiger partial charge in [-0.05, 0) is 31.4 Å². The number of aryl methyl sites for hydroxylation is 1. The molecule has 1 heteroatoms. The van der Waals surface area contributed by atoms with Crippen molar-refractivity contribution in [3.05, 3.63) is 35.4 Å². The van der Waals surface area contributed by atoms with Gasteiger partial charge in [-0.25, -0.2) is 0 Å². The van der Waals surface area contributed by atoms with Gasteiger partial charge in [-0.2, -0.15) is 0 Å². The minimum Gasteiger partial charge on any atom is -0.313 e. The highest BCUT2D eigenvalue weighted by molar-refractivity contribution is 5.25. The summed E-state index contributed by atoms with van der Waals surface area (Å²) < 4.78 is 0. The number of rotatable bonds is 4. The topological polar surface area (TPSA) is 12.0 Å². The maximum Gasteiger partial charge on any atom is 0.0369 e. The molecule has 0 saturated carbocycles. The molecule has 1 unspecified atom stereocenters. The maximum atomic E-state index is 3.43. The largest absolute Gasteiger partial charge is 0.313 e. The third-order valence-electron chi connectivity index (χ3n) is 3.39. The molecule has 0 radical (unpaired) electrons. The van der Waals surface area contributed by atoms with Gasteiger partial charge in [0, 0.05) is 6.04 Å². The van der Waals surface area contributed by atoms with Crippen molar-refractivity contribution in [3.63, 3.8) is 0 Å². The summed E-state index contributed by atoms with van der Waals surface area (Å²) in [5.41, 5.74) is 3.00. The van der Waals surface area contributed by atoms with Crippen LogP contribution in [0.15, 0.2) is 24.3 Å². The SMILES string of the molecule is CCC(C)(C)C(NC)c1ccc(C)cc1. The Balaban J connectivity index is 2.97. The van der Waals surface area contributed by atoms with E-state index in [2.05, 4.69) is 57.3 Å². The van der Waals surface area contributed by atoms with E-state index in [9.17, 15) is 0 Å². The zero-order chi connectivity index (χ0) is 11.5. The number of nitrogens with one attached hydrogen (secondary N) is 1. The third kappa shape index (κ3) is 2.82. The summed E-state index contributed by atoms with van der Waals surface area (Å²) in [4.78, 5) is 0. The molecular formula is C14H23N. The van der Waals surface area contributed by atoms with Crippen LogP contribution < -0.4 is 5.32 Å². The van der Waals surface area contributed by atoms with Crippen LogP contribution in [-0.4, -0.2) is 7.05 Å². The summed E-state index contributed by atoms with van der Waals surface area (Å²) in [7, 11) is 2.04. The van der Waals surface area contributed by atoms with E-state index < -0.39 is 0 Å². The fourth-order valence-electron chi connectivity index (χ4n) is 1.97. The summed E-state index contributed by atoms with van der Waals surface area (Å²) in [6.45, 7) is 9.00. The van der Waals surface area contributed by atoms with E-state index in [4.69, 9.17) is 0 Å². The maximum absolute atomic E-state index is 3.43. The summed E-state index contributed by atoms with van der Waals surface area (Å²) >= 11 is 0. The Morgan fingerprint density at radius 2 is 1.73 bits per heavy atom. The molecule has 0 heterocycles. The van der Waals surface area contributed by atoms with Crippen LogP contribution in [0, 0.1) is 12.3 Å². The van der Waals surface area contributed by atoms with E-state index in [-0.39, 0.29) is 0 Å². The van der Waals surface area contributed by atoms with Crippen molar-refractivity contribution in [2.75, 3.05) is 7.05 Å². The Morgan fingerprint density at radius 1 is 1.20 bits per heavy atom. The molecule has 0 saturated heterocycles. The van der Waals surface area contributed by atoms with E-state index >= 15 is 0 Å². The molecule has 1 N–H and O–H groups in total. The molecule has 1 nitrogen and oxygen atoms in total. The van der Waals surface area contributed by atoms with Gasteiger partial charge in [-0.1, -0.05) is 50.6 Å². The van der Waals surface area contributed by atoms with Gasteiger partial charge in [-0.15, -0.1) is 0 Å². The lowest BCUT2D eigenvalue weighted by atomic mass is 9.78. The summed E-state index contributed by atoms with van der Waals surface area (Å²) in [5.74, 6) is 0.